The van der Waals surface area contributed by atoms with E-state index < -0.39 is 0 Å². The van der Waals surface area contributed by atoms with Gasteiger partial charge in [0.1, 0.15) is 0 Å². The summed E-state index contributed by atoms with van der Waals surface area (Å²) in [7, 11) is 0. The molecule has 0 saturated carbocycles. The lowest BCUT2D eigenvalue weighted by Gasteiger charge is -2.30. The van der Waals surface area contributed by atoms with Crippen LogP contribution in [-0.4, -0.2) is 30.1 Å². The van der Waals surface area contributed by atoms with Crippen LogP contribution in [0.25, 0.3) is 0 Å². The van der Waals surface area contributed by atoms with Crippen LogP contribution in [0.15, 0.2) is 53.1 Å². The number of anilines is 1. The van der Waals surface area contributed by atoms with Crippen molar-refractivity contribution in [2.75, 3.05) is 25.0 Å². The Hall–Kier alpha value is -1.68. The minimum absolute atomic E-state index is 0.487. The van der Waals surface area contributed by atoms with Crippen molar-refractivity contribution in [2.45, 2.75) is 77.4 Å². The van der Waals surface area contributed by atoms with Gasteiger partial charge in [0.15, 0.2) is 5.17 Å². The van der Waals surface area contributed by atoms with E-state index in [-0.39, 0.29) is 0 Å². The number of amidine groups is 1. The molecule has 1 aliphatic heterocycles. The molecule has 4 heteroatoms. The van der Waals surface area contributed by atoms with Gasteiger partial charge in [0.2, 0.25) is 0 Å². The quantitative estimate of drug-likeness (QED) is 0.271. The highest BCUT2D eigenvalue weighted by molar-refractivity contribution is 8.14. The Bertz CT molecular complexity index is 813. The monoisotopic (exact) mass is 453 g/mol. The maximum absolute atomic E-state index is 4.82. The number of unbranched alkanes of at least 4 members (excludes halogenated alkanes) is 2. The maximum Gasteiger partial charge on any atom is 0.156 e. The highest BCUT2D eigenvalue weighted by atomic mass is 32.2. The second-order valence-corrected chi connectivity index (χ2v) is 10.9. The number of hydrogen-bond donors (Lipinski definition) is 2. The number of allylic oxidation sites excluding steroid dienone is 2. The molecule has 4 unspecified atom stereocenters. The third-order valence-corrected chi connectivity index (χ3v) is 8.56. The van der Waals surface area contributed by atoms with Crippen LogP contribution in [0, 0.1) is 11.8 Å². The highest BCUT2D eigenvalue weighted by Gasteiger charge is 2.27. The van der Waals surface area contributed by atoms with E-state index >= 15 is 0 Å². The Morgan fingerprint density at radius 3 is 2.84 bits per heavy atom. The summed E-state index contributed by atoms with van der Waals surface area (Å²) >= 11 is 1.93. The van der Waals surface area contributed by atoms with E-state index in [1.165, 1.54) is 43.4 Å². The number of rotatable bonds is 11. The molecule has 0 bridgehead atoms. The van der Waals surface area contributed by atoms with Crippen LogP contribution in [0.2, 0.25) is 0 Å². The Morgan fingerprint density at radius 2 is 2.06 bits per heavy atom. The van der Waals surface area contributed by atoms with Gasteiger partial charge in [0, 0.05) is 24.0 Å². The van der Waals surface area contributed by atoms with Gasteiger partial charge in [-0.3, -0.25) is 4.99 Å². The maximum atomic E-state index is 4.82. The number of nitrogens with one attached hydrogen (secondary N) is 2. The molecule has 176 valence electrons. The van der Waals surface area contributed by atoms with Gasteiger partial charge in [0.05, 0.1) is 6.54 Å². The predicted molar refractivity (Wildman–Crippen MR) is 144 cm³/mol. The molecule has 1 aliphatic carbocycles. The van der Waals surface area contributed by atoms with E-state index in [1.54, 1.807) is 11.1 Å². The van der Waals surface area contributed by atoms with Crippen molar-refractivity contribution in [1.29, 1.82) is 0 Å². The molecule has 4 atom stereocenters. The molecule has 1 heterocycles. The fourth-order valence-electron chi connectivity index (χ4n) is 4.87. The molecule has 0 amide bonds. The van der Waals surface area contributed by atoms with Crippen LogP contribution in [0.4, 0.5) is 5.69 Å². The standard InChI is InChI=1S/C28H43N3S/c1-6-8-9-14-29-26-12-10-11-25(18-26)22(5)27-19-31-28(32-27)30-15-13-24-17-20(3)23(7-2)16-21(24)4/h7,10-12,18,20,22-23,27,29H,2,6,8-9,13-17,19H2,1,3-5H3,(H,30,31). The molecule has 1 aromatic rings. The minimum Gasteiger partial charge on any atom is -0.385 e. The van der Waals surface area contributed by atoms with E-state index in [4.69, 9.17) is 4.99 Å². The smallest absolute Gasteiger partial charge is 0.156 e. The fourth-order valence-corrected chi connectivity index (χ4v) is 6.00. The lowest BCUT2D eigenvalue weighted by molar-refractivity contribution is 0.391. The summed E-state index contributed by atoms with van der Waals surface area (Å²) < 4.78 is 0. The second-order valence-electron chi connectivity index (χ2n) is 9.70. The van der Waals surface area contributed by atoms with Gasteiger partial charge in [-0.1, -0.05) is 74.7 Å². The molecule has 0 fully saturated rings. The summed E-state index contributed by atoms with van der Waals surface area (Å²) in [6.45, 7) is 16.2. The van der Waals surface area contributed by atoms with Crippen molar-refractivity contribution in [3.63, 3.8) is 0 Å². The van der Waals surface area contributed by atoms with Crippen molar-refractivity contribution in [3.05, 3.63) is 53.6 Å². The van der Waals surface area contributed by atoms with Gasteiger partial charge in [-0.15, -0.1) is 6.58 Å². The fraction of sp³-hybridized carbons (Fsp3) is 0.607. The third kappa shape index (κ3) is 6.91. The van der Waals surface area contributed by atoms with Crippen LogP contribution < -0.4 is 10.6 Å². The first-order valence-corrected chi connectivity index (χ1v) is 13.5. The van der Waals surface area contributed by atoms with Gasteiger partial charge in [-0.2, -0.15) is 0 Å². The molecule has 0 aromatic heterocycles. The predicted octanol–water partition coefficient (Wildman–Crippen LogP) is 7.39. The summed E-state index contributed by atoms with van der Waals surface area (Å²) in [5.74, 6) is 1.85. The summed E-state index contributed by atoms with van der Waals surface area (Å²) in [6, 6.07) is 8.97. The number of hydrogen-bond acceptors (Lipinski definition) is 4. The Kier molecular flexibility index (Phi) is 9.77. The molecule has 2 aliphatic rings. The van der Waals surface area contributed by atoms with Crippen molar-refractivity contribution in [3.8, 4) is 0 Å². The summed E-state index contributed by atoms with van der Waals surface area (Å²) in [6.07, 6.45) is 9.47. The molecule has 32 heavy (non-hydrogen) atoms. The molecular formula is C28H43N3S. The van der Waals surface area contributed by atoms with E-state index in [9.17, 15) is 0 Å². The van der Waals surface area contributed by atoms with Crippen LogP contribution in [0.3, 0.4) is 0 Å². The van der Waals surface area contributed by atoms with Crippen molar-refractivity contribution < 1.29 is 0 Å². The molecule has 0 saturated heterocycles. The Morgan fingerprint density at radius 1 is 1.22 bits per heavy atom. The van der Waals surface area contributed by atoms with Crippen molar-refractivity contribution >= 4 is 22.6 Å². The van der Waals surface area contributed by atoms with E-state index in [1.807, 2.05) is 11.8 Å². The van der Waals surface area contributed by atoms with Gasteiger partial charge < -0.3 is 10.6 Å². The molecular weight excluding hydrogens is 410 g/mol. The number of nitrogens with zero attached hydrogens (tertiary/aromatic N) is 1. The van der Waals surface area contributed by atoms with E-state index in [0.29, 0.717) is 23.0 Å². The van der Waals surface area contributed by atoms with Crippen LogP contribution >= 0.6 is 11.8 Å². The number of thioether (sulfide) groups is 1. The largest absolute Gasteiger partial charge is 0.385 e. The van der Waals surface area contributed by atoms with E-state index in [0.717, 1.165) is 31.2 Å². The number of aliphatic imine (C=N–C) groups is 1. The van der Waals surface area contributed by atoms with Gasteiger partial charge >= 0.3 is 0 Å². The second kappa shape index (κ2) is 12.5. The summed E-state index contributed by atoms with van der Waals surface area (Å²) in [5, 5.41) is 8.85. The number of benzene rings is 1. The lowest BCUT2D eigenvalue weighted by atomic mass is 9.76. The summed E-state index contributed by atoms with van der Waals surface area (Å²) in [5.41, 5.74) is 5.87. The summed E-state index contributed by atoms with van der Waals surface area (Å²) in [4.78, 5) is 4.82. The topological polar surface area (TPSA) is 36.4 Å². The average Bonchev–Trinajstić information content (AvgIpc) is 3.27. The van der Waals surface area contributed by atoms with Crippen LogP contribution in [0.5, 0.6) is 0 Å². The first-order chi connectivity index (χ1) is 15.5. The highest BCUT2D eigenvalue weighted by Crippen LogP contribution is 2.36. The molecule has 1 aromatic carbocycles. The van der Waals surface area contributed by atoms with Gasteiger partial charge in [-0.25, -0.2) is 0 Å². The molecule has 3 nitrogen and oxygen atoms in total. The minimum atomic E-state index is 0.487. The Balaban J connectivity index is 1.44. The normalized spacial score (nSPS) is 24.2. The SMILES string of the molecule is C=CC1CC(C)=C(CCNC2=NCC(C(C)c3cccc(NCCCCC)c3)S2)CC1C. The van der Waals surface area contributed by atoms with Crippen LogP contribution in [-0.2, 0) is 0 Å². The molecule has 0 radical (unpaired) electrons. The average molecular weight is 454 g/mol. The third-order valence-electron chi connectivity index (χ3n) is 7.21. The zero-order valence-corrected chi connectivity index (χ0v) is 21.4. The van der Waals surface area contributed by atoms with Crippen molar-refractivity contribution in [1.82, 2.24) is 5.32 Å². The molecule has 2 N–H and O–H groups in total. The van der Waals surface area contributed by atoms with Crippen molar-refractivity contribution in [2.24, 2.45) is 16.8 Å². The molecule has 3 rings (SSSR count). The molecule has 0 spiro atoms. The van der Waals surface area contributed by atoms with Gasteiger partial charge in [-0.05, 0) is 68.1 Å². The zero-order chi connectivity index (χ0) is 22.9. The first-order valence-electron chi connectivity index (χ1n) is 12.6. The van der Waals surface area contributed by atoms with E-state index in [2.05, 4.69) is 75.2 Å². The van der Waals surface area contributed by atoms with Crippen LogP contribution in [0.1, 0.15) is 77.7 Å². The Labute approximate surface area is 200 Å². The first kappa shape index (κ1) is 25.0. The zero-order valence-electron chi connectivity index (χ0n) is 20.6. The van der Waals surface area contributed by atoms with Gasteiger partial charge in [0.25, 0.3) is 0 Å². The lowest BCUT2D eigenvalue weighted by Crippen LogP contribution is -2.24.